The minimum Gasteiger partial charge on any atom is -0.355 e. The average Bonchev–Trinajstić information content (AvgIpc) is 2.96. The number of anilines is 1. The molecule has 1 fully saturated rings. The van der Waals surface area contributed by atoms with Gasteiger partial charge in [0.05, 0.1) is 5.92 Å². The molecule has 0 unspecified atom stereocenters. The lowest BCUT2D eigenvalue weighted by Crippen LogP contribution is -2.37. The second-order valence-electron chi connectivity index (χ2n) is 5.79. The van der Waals surface area contributed by atoms with Gasteiger partial charge >= 0.3 is 0 Å². The van der Waals surface area contributed by atoms with Gasteiger partial charge in [-0.1, -0.05) is 13.0 Å². The van der Waals surface area contributed by atoms with E-state index >= 15 is 0 Å². The highest BCUT2D eigenvalue weighted by Crippen LogP contribution is 2.28. The van der Waals surface area contributed by atoms with Crippen LogP contribution in [0.4, 0.5) is 5.69 Å². The van der Waals surface area contributed by atoms with E-state index in [1.165, 1.54) is 0 Å². The lowest BCUT2D eigenvalue weighted by atomic mass is 10.1. The predicted octanol–water partition coefficient (Wildman–Crippen LogP) is 1.83. The molecule has 126 valence electrons. The maximum Gasteiger partial charge on any atom is 0.227 e. The van der Waals surface area contributed by atoms with Gasteiger partial charge in [0.1, 0.15) is 0 Å². The van der Waals surface area contributed by atoms with Crippen molar-refractivity contribution in [1.29, 1.82) is 0 Å². The summed E-state index contributed by atoms with van der Waals surface area (Å²) in [6, 6.07) is 7.89. The molecule has 0 spiro atoms. The Morgan fingerprint density at radius 2 is 2.26 bits per heavy atom. The first-order valence-electron chi connectivity index (χ1n) is 7.95. The number of benzene rings is 1. The zero-order valence-electron chi connectivity index (χ0n) is 14.0. The first kappa shape index (κ1) is 17.8. The van der Waals surface area contributed by atoms with Crippen LogP contribution in [0.15, 0.2) is 29.2 Å². The molecule has 2 rings (SSSR count). The van der Waals surface area contributed by atoms with E-state index in [1.807, 2.05) is 37.6 Å². The van der Waals surface area contributed by atoms with E-state index in [0.717, 1.165) is 23.7 Å². The van der Waals surface area contributed by atoms with E-state index in [-0.39, 0.29) is 17.7 Å². The van der Waals surface area contributed by atoms with Crippen molar-refractivity contribution in [3.05, 3.63) is 24.3 Å². The van der Waals surface area contributed by atoms with Gasteiger partial charge in [0.25, 0.3) is 0 Å². The van der Waals surface area contributed by atoms with Crippen molar-refractivity contribution in [3.63, 3.8) is 0 Å². The van der Waals surface area contributed by atoms with Crippen molar-refractivity contribution >= 4 is 29.3 Å². The first-order valence-corrected chi connectivity index (χ1v) is 9.18. The first-order chi connectivity index (χ1) is 11.0. The van der Waals surface area contributed by atoms with Gasteiger partial charge in [0.2, 0.25) is 11.8 Å². The van der Waals surface area contributed by atoms with E-state index in [0.29, 0.717) is 19.5 Å². The van der Waals surface area contributed by atoms with E-state index in [9.17, 15) is 9.59 Å². The van der Waals surface area contributed by atoms with Crippen molar-refractivity contribution in [2.45, 2.75) is 18.2 Å². The molecule has 6 heteroatoms. The smallest absolute Gasteiger partial charge is 0.227 e. The van der Waals surface area contributed by atoms with Crippen LogP contribution in [0.25, 0.3) is 0 Å². The minimum absolute atomic E-state index is 0.0219. The molecule has 1 atom stereocenters. The van der Waals surface area contributed by atoms with Crippen LogP contribution in [0.1, 0.15) is 13.3 Å². The predicted molar refractivity (Wildman–Crippen MR) is 94.9 cm³/mol. The number of thioether (sulfide) groups is 1. The topological polar surface area (TPSA) is 52.7 Å². The summed E-state index contributed by atoms with van der Waals surface area (Å²) in [5.74, 6) is -0.257. The number of nitrogens with one attached hydrogen (secondary N) is 1. The van der Waals surface area contributed by atoms with Gasteiger partial charge in [-0.05, 0) is 38.0 Å². The maximum absolute atomic E-state index is 12.2. The van der Waals surface area contributed by atoms with Crippen molar-refractivity contribution in [1.82, 2.24) is 10.2 Å². The minimum atomic E-state index is -0.257. The Morgan fingerprint density at radius 1 is 1.48 bits per heavy atom. The van der Waals surface area contributed by atoms with Crippen LogP contribution in [0.5, 0.6) is 0 Å². The third kappa shape index (κ3) is 4.72. The highest BCUT2D eigenvalue weighted by atomic mass is 32.2. The monoisotopic (exact) mass is 335 g/mol. The van der Waals surface area contributed by atoms with Crippen LogP contribution in [0, 0.1) is 5.92 Å². The van der Waals surface area contributed by atoms with Crippen LogP contribution in [-0.2, 0) is 9.59 Å². The number of carbonyl (C=O) groups is 2. The van der Waals surface area contributed by atoms with Crippen LogP contribution in [-0.4, -0.2) is 56.2 Å². The van der Waals surface area contributed by atoms with Gasteiger partial charge in [-0.15, -0.1) is 11.8 Å². The third-order valence-corrected chi connectivity index (χ3v) is 4.92. The van der Waals surface area contributed by atoms with Crippen molar-refractivity contribution < 1.29 is 9.59 Å². The molecule has 1 aromatic carbocycles. The molecule has 0 radical (unpaired) electrons. The second kappa shape index (κ2) is 8.36. The normalized spacial score (nSPS) is 17.8. The molecule has 1 aromatic rings. The quantitative estimate of drug-likeness (QED) is 0.773. The Morgan fingerprint density at radius 3 is 2.96 bits per heavy atom. The van der Waals surface area contributed by atoms with Gasteiger partial charge < -0.3 is 15.1 Å². The number of nitrogens with zero attached hydrogens (tertiary/aromatic N) is 2. The van der Waals surface area contributed by atoms with Gasteiger partial charge in [0.15, 0.2) is 0 Å². The zero-order valence-corrected chi connectivity index (χ0v) is 14.9. The summed E-state index contributed by atoms with van der Waals surface area (Å²) in [6.45, 7) is 4.94. The summed E-state index contributed by atoms with van der Waals surface area (Å²) in [6.07, 6.45) is 2.30. The molecule has 0 aromatic heterocycles. The fourth-order valence-corrected chi connectivity index (χ4v) is 3.04. The fraction of sp³-hybridized carbons (Fsp3) is 0.529. The summed E-state index contributed by atoms with van der Waals surface area (Å²) in [5.41, 5.74) is 0.878. The number of rotatable bonds is 7. The molecule has 2 amide bonds. The molecule has 5 nitrogen and oxygen atoms in total. The number of carbonyl (C=O) groups excluding carboxylic acids is 2. The number of amides is 2. The molecular formula is C17H25N3O2S. The highest BCUT2D eigenvalue weighted by molar-refractivity contribution is 7.98. The summed E-state index contributed by atoms with van der Waals surface area (Å²) in [5, 5.41) is 2.94. The number of hydrogen-bond acceptors (Lipinski definition) is 4. The van der Waals surface area contributed by atoms with Crippen LogP contribution < -0.4 is 10.2 Å². The molecule has 1 heterocycles. The molecule has 0 saturated carbocycles. The summed E-state index contributed by atoms with van der Waals surface area (Å²) < 4.78 is 0. The molecule has 1 aliphatic heterocycles. The Kier molecular flexibility index (Phi) is 6.47. The SMILES string of the molecule is CCN(C)CCNC(=O)[C@H]1CC(=O)N(c2cccc(SC)c2)C1. The highest BCUT2D eigenvalue weighted by Gasteiger charge is 2.34. The van der Waals surface area contributed by atoms with Crippen molar-refractivity contribution in [2.24, 2.45) is 5.92 Å². The van der Waals surface area contributed by atoms with Gasteiger partial charge in [-0.25, -0.2) is 0 Å². The van der Waals surface area contributed by atoms with Crippen LogP contribution in [0.3, 0.4) is 0 Å². The maximum atomic E-state index is 12.2. The van der Waals surface area contributed by atoms with Gasteiger partial charge in [0, 0.05) is 36.6 Å². The second-order valence-corrected chi connectivity index (χ2v) is 6.67. The zero-order chi connectivity index (χ0) is 16.8. The fourth-order valence-electron chi connectivity index (χ4n) is 2.58. The standard InChI is InChI=1S/C17H25N3O2S/c1-4-19(2)9-8-18-17(22)13-10-16(21)20(12-13)14-6-5-7-15(11-14)23-3/h5-7,11,13H,4,8-10,12H2,1-3H3,(H,18,22)/t13-/m0/s1. The largest absolute Gasteiger partial charge is 0.355 e. The molecule has 23 heavy (non-hydrogen) atoms. The van der Waals surface area contributed by atoms with Gasteiger partial charge in [-0.3, -0.25) is 9.59 Å². The molecule has 1 aliphatic rings. The van der Waals surface area contributed by atoms with E-state index < -0.39 is 0 Å². The summed E-state index contributed by atoms with van der Waals surface area (Å²) >= 11 is 1.64. The van der Waals surface area contributed by atoms with Crippen molar-refractivity contribution in [3.8, 4) is 0 Å². The number of likely N-dealkylation sites (N-methyl/N-ethyl adjacent to an activating group) is 1. The third-order valence-electron chi connectivity index (χ3n) is 4.19. The van der Waals surface area contributed by atoms with E-state index in [2.05, 4.69) is 17.1 Å². The molecular weight excluding hydrogens is 310 g/mol. The van der Waals surface area contributed by atoms with Crippen LogP contribution in [0.2, 0.25) is 0 Å². The van der Waals surface area contributed by atoms with E-state index in [4.69, 9.17) is 0 Å². The summed E-state index contributed by atoms with van der Waals surface area (Å²) in [4.78, 5) is 29.5. The average molecular weight is 335 g/mol. The summed E-state index contributed by atoms with van der Waals surface area (Å²) in [7, 11) is 2.02. The Labute approximate surface area is 142 Å². The molecule has 0 aliphatic carbocycles. The Bertz CT molecular complexity index is 565. The van der Waals surface area contributed by atoms with Crippen LogP contribution >= 0.6 is 11.8 Å². The van der Waals surface area contributed by atoms with Crippen molar-refractivity contribution in [2.75, 3.05) is 44.4 Å². The lowest BCUT2D eigenvalue weighted by molar-refractivity contribution is -0.126. The molecule has 0 bridgehead atoms. The molecule has 1 saturated heterocycles. The lowest BCUT2D eigenvalue weighted by Gasteiger charge is -2.18. The molecule has 1 N–H and O–H groups in total. The van der Waals surface area contributed by atoms with Gasteiger partial charge in [-0.2, -0.15) is 0 Å². The van der Waals surface area contributed by atoms with E-state index in [1.54, 1.807) is 16.7 Å². The Hall–Kier alpha value is -1.53. The Balaban J connectivity index is 1.92. The number of hydrogen-bond donors (Lipinski definition) is 1.